The monoisotopic (exact) mass is 904 g/mol. The molecule has 1 amide bonds. The van der Waals surface area contributed by atoms with Gasteiger partial charge in [0.05, 0.1) is 25.4 Å². The van der Waals surface area contributed by atoms with Crippen molar-refractivity contribution in [3.63, 3.8) is 0 Å². The van der Waals surface area contributed by atoms with Gasteiger partial charge in [-0.3, -0.25) is 9.59 Å². The van der Waals surface area contributed by atoms with Crippen LogP contribution in [0.1, 0.15) is 322 Å². The van der Waals surface area contributed by atoms with Gasteiger partial charge in [-0.1, -0.05) is 289 Å². The van der Waals surface area contributed by atoms with Gasteiger partial charge in [0.1, 0.15) is 0 Å². The summed E-state index contributed by atoms with van der Waals surface area (Å²) in [6.45, 7) is 4.91. The number of amides is 1. The van der Waals surface area contributed by atoms with Crippen LogP contribution in [0.5, 0.6) is 0 Å². The first-order valence-electron chi connectivity index (χ1n) is 29.0. The Bertz CT molecular complexity index is 955. The van der Waals surface area contributed by atoms with Crippen LogP contribution in [0.2, 0.25) is 0 Å². The van der Waals surface area contributed by atoms with Crippen molar-refractivity contribution in [3.05, 3.63) is 12.2 Å². The summed E-state index contributed by atoms with van der Waals surface area (Å²) < 4.78 is 5.47. The van der Waals surface area contributed by atoms with E-state index in [2.05, 4.69) is 19.2 Å². The molecule has 64 heavy (non-hydrogen) atoms. The lowest BCUT2D eigenvalue weighted by Gasteiger charge is -2.20. The summed E-state index contributed by atoms with van der Waals surface area (Å²) in [5, 5.41) is 23.1. The van der Waals surface area contributed by atoms with Crippen LogP contribution < -0.4 is 5.32 Å². The molecular weight excluding hydrogens is 791 g/mol. The van der Waals surface area contributed by atoms with E-state index in [-0.39, 0.29) is 18.5 Å². The Hall–Kier alpha value is -1.40. The van der Waals surface area contributed by atoms with Crippen LogP contribution in [-0.4, -0.2) is 47.4 Å². The smallest absolute Gasteiger partial charge is 0.305 e. The van der Waals surface area contributed by atoms with Crippen molar-refractivity contribution in [2.75, 3.05) is 13.2 Å². The Labute approximate surface area is 399 Å². The molecule has 6 heteroatoms. The highest BCUT2D eigenvalue weighted by Crippen LogP contribution is 2.17. The van der Waals surface area contributed by atoms with Gasteiger partial charge in [-0.15, -0.1) is 0 Å². The first kappa shape index (κ1) is 62.6. The zero-order valence-corrected chi connectivity index (χ0v) is 43.3. The lowest BCUT2D eigenvalue weighted by molar-refractivity contribution is -0.143. The average molecular weight is 905 g/mol. The molecule has 0 aliphatic heterocycles. The van der Waals surface area contributed by atoms with Crippen LogP contribution >= 0.6 is 0 Å². The largest absolute Gasteiger partial charge is 0.466 e. The first-order chi connectivity index (χ1) is 31.5. The Balaban J connectivity index is 3.41. The minimum absolute atomic E-state index is 0.0110. The summed E-state index contributed by atoms with van der Waals surface area (Å²) in [5.74, 6) is -0.0570. The van der Waals surface area contributed by atoms with Gasteiger partial charge in [0, 0.05) is 12.8 Å². The quantitative estimate of drug-likeness (QED) is 0.0321. The topological polar surface area (TPSA) is 95.9 Å². The van der Waals surface area contributed by atoms with Crippen LogP contribution in [0.3, 0.4) is 0 Å². The number of nitrogens with one attached hydrogen (secondary N) is 1. The van der Waals surface area contributed by atoms with Crippen molar-refractivity contribution in [3.8, 4) is 0 Å². The molecule has 6 nitrogen and oxygen atoms in total. The molecule has 0 fully saturated rings. The third-order valence-corrected chi connectivity index (χ3v) is 13.6. The van der Waals surface area contributed by atoms with Gasteiger partial charge in [0.2, 0.25) is 5.91 Å². The van der Waals surface area contributed by atoms with Gasteiger partial charge in [-0.2, -0.15) is 0 Å². The van der Waals surface area contributed by atoms with Crippen LogP contribution in [0, 0.1) is 0 Å². The summed E-state index contributed by atoms with van der Waals surface area (Å²) in [5.41, 5.74) is 0. The molecule has 380 valence electrons. The number of aliphatic hydroxyl groups is 2. The standard InChI is InChI=1S/C58H113NO5/c1-3-5-7-9-11-13-15-17-24-27-30-34-38-42-46-50-56(61)55(54-60)59-57(62)51-47-43-39-35-31-28-25-22-20-18-19-21-23-26-29-33-37-41-45-49-53-64-58(63)52-48-44-40-36-32-16-14-12-10-8-6-4-2/h46,50,55-56,60-61H,3-45,47-49,51-54H2,1-2H3,(H,59,62)/b50-46+. The maximum Gasteiger partial charge on any atom is 0.305 e. The Morgan fingerprint density at radius 2 is 0.719 bits per heavy atom. The van der Waals surface area contributed by atoms with Gasteiger partial charge in [0.15, 0.2) is 0 Å². The van der Waals surface area contributed by atoms with E-state index >= 15 is 0 Å². The molecule has 2 atom stereocenters. The van der Waals surface area contributed by atoms with Crippen LogP contribution in [0.25, 0.3) is 0 Å². The highest BCUT2D eigenvalue weighted by atomic mass is 16.5. The van der Waals surface area contributed by atoms with E-state index in [0.29, 0.717) is 19.4 Å². The van der Waals surface area contributed by atoms with E-state index in [9.17, 15) is 19.8 Å². The minimum atomic E-state index is -0.844. The molecule has 0 saturated carbocycles. The van der Waals surface area contributed by atoms with E-state index in [1.807, 2.05) is 6.08 Å². The van der Waals surface area contributed by atoms with E-state index < -0.39 is 12.1 Å². The number of allylic oxidation sites excluding steroid dienone is 1. The second kappa shape index (κ2) is 54.2. The Morgan fingerprint density at radius 3 is 1.06 bits per heavy atom. The van der Waals surface area contributed by atoms with E-state index in [1.165, 1.54) is 257 Å². The molecule has 0 aromatic carbocycles. The Morgan fingerprint density at radius 1 is 0.422 bits per heavy atom. The van der Waals surface area contributed by atoms with Gasteiger partial charge < -0.3 is 20.3 Å². The molecule has 0 heterocycles. The zero-order chi connectivity index (χ0) is 46.5. The SMILES string of the molecule is CCCCCCCCCCCCCCC/C=C/C(O)C(CO)NC(=O)CCCCCCCCCCCCCCCCCCCCCCOC(=O)CCCCCCCCCCCCCC. The number of aliphatic hydroxyl groups excluding tert-OH is 2. The number of hydrogen-bond acceptors (Lipinski definition) is 5. The molecule has 0 aliphatic rings. The maximum atomic E-state index is 12.5. The van der Waals surface area contributed by atoms with Gasteiger partial charge in [-0.05, 0) is 32.1 Å². The number of esters is 1. The molecule has 0 aromatic rings. The molecule has 0 radical (unpaired) electrons. The molecule has 0 rings (SSSR count). The van der Waals surface area contributed by atoms with Crippen molar-refractivity contribution in [2.24, 2.45) is 0 Å². The molecule has 0 aliphatic carbocycles. The van der Waals surface area contributed by atoms with E-state index in [4.69, 9.17) is 4.74 Å². The summed E-state index contributed by atoms with van der Waals surface area (Å²) in [6.07, 6.45) is 63.7. The van der Waals surface area contributed by atoms with E-state index in [0.717, 1.165) is 38.5 Å². The highest BCUT2D eigenvalue weighted by molar-refractivity contribution is 5.76. The molecule has 0 aromatic heterocycles. The lowest BCUT2D eigenvalue weighted by atomic mass is 10.0. The van der Waals surface area contributed by atoms with Crippen molar-refractivity contribution in [1.82, 2.24) is 5.32 Å². The van der Waals surface area contributed by atoms with Crippen LogP contribution in [-0.2, 0) is 14.3 Å². The van der Waals surface area contributed by atoms with Gasteiger partial charge in [-0.25, -0.2) is 0 Å². The predicted molar refractivity (Wildman–Crippen MR) is 278 cm³/mol. The van der Waals surface area contributed by atoms with Crippen molar-refractivity contribution in [1.29, 1.82) is 0 Å². The minimum Gasteiger partial charge on any atom is -0.466 e. The third-order valence-electron chi connectivity index (χ3n) is 13.6. The summed E-state index contributed by atoms with van der Waals surface area (Å²) in [6, 6.07) is -0.628. The van der Waals surface area contributed by atoms with Crippen LogP contribution in [0.4, 0.5) is 0 Å². The fraction of sp³-hybridized carbons (Fsp3) is 0.931. The van der Waals surface area contributed by atoms with Gasteiger partial charge >= 0.3 is 5.97 Å². The second-order valence-corrected chi connectivity index (χ2v) is 20.0. The second-order valence-electron chi connectivity index (χ2n) is 20.0. The number of hydrogen-bond donors (Lipinski definition) is 3. The number of carbonyl (C=O) groups excluding carboxylic acids is 2. The predicted octanol–water partition coefficient (Wildman–Crippen LogP) is 17.7. The molecule has 3 N–H and O–H groups in total. The van der Waals surface area contributed by atoms with Crippen molar-refractivity contribution in [2.45, 2.75) is 334 Å². The number of ether oxygens (including phenoxy) is 1. The fourth-order valence-corrected chi connectivity index (χ4v) is 9.11. The van der Waals surface area contributed by atoms with Crippen molar-refractivity contribution >= 4 is 11.9 Å². The molecule has 2 unspecified atom stereocenters. The molecular formula is C58H113NO5. The molecule has 0 saturated heterocycles. The number of rotatable bonds is 54. The zero-order valence-electron chi connectivity index (χ0n) is 43.3. The summed E-state index contributed by atoms with van der Waals surface area (Å²) in [4.78, 5) is 24.5. The Kier molecular flexibility index (Phi) is 53.0. The maximum absolute atomic E-state index is 12.5. The third kappa shape index (κ3) is 50.0. The molecule has 0 bridgehead atoms. The van der Waals surface area contributed by atoms with Crippen molar-refractivity contribution < 1.29 is 24.5 Å². The number of unbranched alkanes of at least 4 members (excludes halogenated alkanes) is 43. The number of carbonyl (C=O) groups is 2. The normalized spacial score (nSPS) is 12.6. The highest BCUT2D eigenvalue weighted by Gasteiger charge is 2.18. The fourth-order valence-electron chi connectivity index (χ4n) is 9.11. The van der Waals surface area contributed by atoms with Crippen LogP contribution in [0.15, 0.2) is 12.2 Å². The van der Waals surface area contributed by atoms with E-state index in [1.54, 1.807) is 6.08 Å². The summed E-state index contributed by atoms with van der Waals surface area (Å²) >= 11 is 0. The lowest BCUT2D eigenvalue weighted by Crippen LogP contribution is -2.45. The summed E-state index contributed by atoms with van der Waals surface area (Å²) in [7, 11) is 0. The average Bonchev–Trinajstić information content (AvgIpc) is 3.29. The molecule has 0 spiro atoms. The van der Waals surface area contributed by atoms with Gasteiger partial charge in [0.25, 0.3) is 0 Å². The first-order valence-corrected chi connectivity index (χ1v) is 29.0.